The van der Waals surface area contributed by atoms with E-state index in [1.165, 1.54) is 18.4 Å². The van der Waals surface area contributed by atoms with Crippen LogP contribution in [0.25, 0.3) is 0 Å². The Kier molecular flexibility index (Phi) is 6.84. The van der Waals surface area contributed by atoms with Crippen molar-refractivity contribution in [1.82, 2.24) is 10.2 Å². The fourth-order valence-corrected chi connectivity index (χ4v) is 2.94. The maximum atomic E-state index is 6.04. The van der Waals surface area contributed by atoms with Gasteiger partial charge in [0.15, 0.2) is 0 Å². The van der Waals surface area contributed by atoms with E-state index in [-0.39, 0.29) is 0 Å². The molecule has 1 N–H and O–H groups in total. The minimum atomic E-state index is 0.363. The molecule has 0 aromatic heterocycles. The molecule has 0 radical (unpaired) electrons. The molecule has 1 aromatic rings. The Labute approximate surface area is 123 Å². The fourth-order valence-electron chi connectivity index (χ4n) is 2.73. The van der Waals surface area contributed by atoms with E-state index >= 15 is 0 Å². The molecule has 0 saturated carbocycles. The zero-order valence-corrected chi connectivity index (χ0v) is 13.4. The lowest BCUT2D eigenvalue weighted by molar-refractivity contribution is 0.153. The van der Waals surface area contributed by atoms with Crippen LogP contribution in [-0.2, 0) is 6.54 Å². The van der Waals surface area contributed by atoms with Gasteiger partial charge < -0.3 is 10.2 Å². The van der Waals surface area contributed by atoms with E-state index in [0.717, 1.165) is 24.7 Å². The lowest BCUT2D eigenvalue weighted by atomic mass is 9.81. The van der Waals surface area contributed by atoms with E-state index < -0.39 is 0 Å². The van der Waals surface area contributed by atoms with Gasteiger partial charge in [-0.15, -0.1) is 0 Å². The molecule has 0 aliphatic heterocycles. The second-order valence-corrected chi connectivity index (χ2v) is 5.98. The lowest BCUT2D eigenvalue weighted by Gasteiger charge is -2.35. The SMILES string of the molecule is CCC(CC)(CNC)CN(C)Cc1cccc(Cl)c1. The van der Waals surface area contributed by atoms with Gasteiger partial charge in [-0.25, -0.2) is 0 Å². The molecule has 0 bridgehead atoms. The summed E-state index contributed by atoms with van der Waals surface area (Å²) in [5, 5.41) is 4.16. The first-order valence-electron chi connectivity index (χ1n) is 7.13. The summed E-state index contributed by atoms with van der Waals surface area (Å²) in [4.78, 5) is 2.40. The van der Waals surface area contributed by atoms with Gasteiger partial charge in [0.05, 0.1) is 0 Å². The smallest absolute Gasteiger partial charge is 0.0409 e. The van der Waals surface area contributed by atoms with Gasteiger partial charge in [-0.3, -0.25) is 0 Å². The van der Waals surface area contributed by atoms with Crippen LogP contribution >= 0.6 is 11.6 Å². The van der Waals surface area contributed by atoms with Gasteiger partial charge in [0, 0.05) is 24.7 Å². The Morgan fingerprint density at radius 2 is 1.95 bits per heavy atom. The molecule has 19 heavy (non-hydrogen) atoms. The molecule has 0 atom stereocenters. The summed E-state index contributed by atoms with van der Waals surface area (Å²) in [7, 11) is 4.23. The Hall–Kier alpha value is -0.570. The van der Waals surface area contributed by atoms with Crippen molar-refractivity contribution in [2.75, 3.05) is 27.2 Å². The maximum Gasteiger partial charge on any atom is 0.0409 e. The van der Waals surface area contributed by atoms with Crippen LogP contribution in [0.2, 0.25) is 5.02 Å². The minimum absolute atomic E-state index is 0.363. The summed E-state index contributed by atoms with van der Waals surface area (Å²) in [6.07, 6.45) is 2.40. The molecule has 0 aliphatic carbocycles. The highest BCUT2D eigenvalue weighted by molar-refractivity contribution is 6.30. The predicted octanol–water partition coefficient (Wildman–Crippen LogP) is 3.80. The van der Waals surface area contributed by atoms with Gasteiger partial charge >= 0.3 is 0 Å². The first kappa shape index (κ1) is 16.5. The first-order chi connectivity index (χ1) is 9.05. The van der Waals surface area contributed by atoms with E-state index in [4.69, 9.17) is 11.6 Å². The second-order valence-electron chi connectivity index (χ2n) is 5.54. The molecule has 0 unspecified atom stereocenters. The molecule has 0 fully saturated rings. The van der Waals surface area contributed by atoms with Crippen LogP contribution in [0.15, 0.2) is 24.3 Å². The Bertz CT molecular complexity index is 375. The molecular formula is C16H27ClN2. The molecule has 0 amide bonds. The first-order valence-corrected chi connectivity index (χ1v) is 7.50. The number of nitrogens with one attached hydrogen (secondary N) is 1. The van der Waals surface area contributed by atoms with Gasteiger partial charge in [-0.05, 0) is 50.0 Å². The lowest BCUT2D eigenvalue weighted by Crippen LogP contribution is -2.41. The van der Waals surface area contributed by atoms with E-state index in [1.807, 2.05) is 19.2 Å². The van der Waals surface area contributed by atoms with Crippen LogP contribution in [0.5, 0.6) is 0 Å². The van der Waals surface area contributed by atoms with Crippen LogP contribution in [0.4, 0.5) is 0 Å². The standard InChI is InChI=1S/C16H27ClN2/c1-5-16(6-2,12-18-3)13-19(4)11-14-8-7-9-15(17)10-14/h7-10,18H,5-6,11-13H2,1-4H3. The number of rotatable bonds is 8. The molecule has 0 aliphatic rings. The molecule has 0 spiro atoms. The summed E-state index contributed by atoms with van der Waals surface area (Å²) in [6, 6.07) is 8.14. The van der Waals surface area contributed by atoms with Crippen molar-refractivity contribution in [2.45, 2.75) is 33.2 Å². The third-order valence-electron chi connectivity index (χ3n) is 4.00. The monoisotopic (exact) mass is 282 g/mol. The van der Waals surface area contributed by atoms with Gasteiger partial charge in [0.25, 0.3) is 0 Å². The van der Waals surface area contributed by atoms with Crippen molar-refractivity contribution in [3.05, 3.63) is 34.9 Å². The molecule has 1 rings (SSSR count). The highest BCUT2D eigenvalue weighted by Gasteiger charge is 2.26. The highest BCUT2D eigenvalue weighted by Crippen LogP contribution is 2.27. The predicted molar refractivity (Wildman–Crippen MR) is 84.7 cm³/mol. The summed E-state index contributed by atoms with van der Waals surface area (Å²) in [5.74, 6) is 0. The zero-order valence-electron chi connectivity index (χ0n) is 12.7. The van der Waals surface area contributed by atoms with Crippen molar-refractivity contribution < 1.29 is 0 Å². The maximum absolute atomic E-state index is 6.04. The number of hydrogen-bond donors (Lipinski definition) is 1. The number of halogens is 1. The largest absolute Gasteiger partial charge is 0.319 e. The van der Waals surface area contributed by atoms with Gasteiger partial charge in [0.1, 0.15) is 0 Å². The number of hydrogen-bond acceptors (Lipinski definition) is 2. The topological polar surface area (TPSA) is 15.3 Å². The zero-order chi connectivity index (χ0) is 14.3. The van der Waals surface area contributed by atoms with Crippen molar-refractivity contribution >= 4 is 11.6 Å². The third-order valence-corrected chi connectivity index (χ3v) is 4.23. The van der Waals surface area contributed by atoms with Crippen molar-refractivity contribution in [3.8, 4) is 0 Å². The van der Waals surface area contributed by atoms with Crippen LogP contribution in [0, 0.1) is 5.41 Å². The fraction of sp³-hybridized carbons (Fsp3) is 0.625. The van der Waals surface area contributed by atoms with E-state index in [1.54, 1.807) is 0 Å². The van der Waals surface area contributed by atoms with Crippen LogP contribution in [-0.4, -0.2) is 32.1 Å². The van der Waals surface area contributed by atoms with Gasteiger partial charge in [0.2, 0.25) is 0 Å². The minimum Gasteiger partial charge on any atom is -0.319 e. The van der Waals surface area contributed by atoms with Crippen molar-refractivity contribution in [3.63, 3.8) is 0 Å². The summed E-state index contributed by atoms with van der Waals surface area (Å²) in [5.41, 5.74) is 1.64. The quantitative estimate of drug-likeness (QED) is 0.780. The molecule has 2 nitrogen and oxygen atoms in total. The van der Waals surface area contributed by atoms with Crippen LogP contribution in [0.1, 0.15) is 32.3 Å². The Morgan fingerprint density at radius 1 is 1.26 bits per heavy atom. The Morgan fingerprint density at radius 3 is 2.47 bits per heavy atom. The van der Waals surface area contributed by atoms with Crippen molar-refractivity contribution in [1.29, 1.82) is 0 Å². The number of nitrogens with zero attached hydrogens (tertiary/aromatic N) is 1. The number of benzene rings is 1. The molecule has 108 valence electrons. The van der Waals surface area contributed by atoms with Gasteiger partial charge in [-0.2, -0.15) is 0 Å². The normalized spacial score (nSPS) is 12.1. The molecular weight excluding hydrogens is 256 g/mol. The average molecular weight is 283 g/mol. The second kappa shape index (κ2) is 7.88. The van der Waals surface area contributed by atoms with Crippen LogP contribution < -0.4 is 5.32 Å². The molecule has 1 aromatic carbocycles. The third kappa shape index (κ3) is 5.13. The molecule has 0 saturated heterocycles. The highest BCUT2D eigenvalue weighted by atomic mass is 35.5. The van der Waals surface area contributed by atoms with Gasteiger partial charge in [-0.1, -0.05) is 37.6 Å². The van der Waals surface area contributed by atoms with E-state index in [9.17, 15) is 0 Å². The van der Waals surface area contributed by atoms with E-state index in [0.29, 0.717) is 5.41 Å². The van der Waals surface area contributed by atoms with Crippen molar-refractivity contribution in [2.24, 2.45) is 5.41 Å². The summed E-state index contributed by atoms with van der Waals surface area (Å²) >= 11 is 6.04. The summed E-state index contributed by atoms with van der Waals surface area (Å²) < 4.78 is 0. The molecule has 0 heterocycles. The Balaban J connectivity index is 2.64. The average Bonchev–Trinajstić information content (AvgIpc) is 2.38. The summed E-state index contributed by atoms with van der Waals surface area (Å²) in [6.45, 7) is 7.70. The molecule has 3 heteroatoms. The van der Waals surface area contributed by atoms with E-state index in [2.05, 4.69) is 43.2 Å². The van der Waals surface area contributed by atoms with Crippen LogP contribution in [0.3, 0.4) is 0 Å².